The second kappa shape index (κ2) is 6.16. The van der Waals surface area contributed by atoms with Crippen molar-refractivity contribution in [3.8, 4) is 16.9 Å². The van der Waals surface area contributed by atoms with Crippen LogP contribution >= 0.6 is 0 Å². The molecule has 3 aromatic heterocycles. The lowest BCUT2D eigenvalue weighted by atomic mass is 10.1. The number of para-hydroxylation sites is 2. The van der Waals surface area contributed by atoms with Crippen molar-refractivity contribution in [3.05, 3.63) is 71.3 Å². The van der Waals surface area contributed by atoms with Crippen LogP contribution in [0.5, 0.6) is 5.75 Å². The highest BCUT2D eigenvalue weighted by molar-refractivity contribution is 5.93. The quantitative estimate of drug-likeness (QED) is 0.532. The molecule has 1 aromatic carbocycles. The van der Waals surface area contributed by atoms with E-state index in [9.17, 15) is 4.79 Å². The average molecular weight is 332 g/mol. The van der Waals surface area contributed by atoms with Gasteiger partial charge in [-0.05, 0) is 35.9 Å². The van der Waals surface area contributed by atoms with Gasteiger partial charge in [0.05, 0.1) is 12.8 Å². The molecule has 0 aliphatic heterocycles. The van der Waals surface area contributed by atoms with Gasteiger partial charge in [0.2, 0.25) is 5.56 Å². The van der Waals surface area contributed by atoms with Crippen molar-refractivity contribution < 1.29 is 4.74 Å². The van der Waals surface area contributed by atoms with E-state index in [0.717, 1.165) is 27.8 Å². The zero-order chi connectivity index (χ0) is 17.2. The van der Waals surface area contributed by atoms with E-state index in [0.29, 0.717) is 11.6 Å². The van der Waals surface area contributed by atoms with E-state index in [2.05, 4.69) is 20.3 Å². The largest absolute Gasteiger partial charge is 0.495 e. The molecule has 3 N–H and O–H groups in total. The average Bonchev–Trinajstić information content (AvgIpc) is 3.06. The molecule has 6 heteroatoms. The van der Waals surface area contributed by atoms with Crippen LogP contribution in [-0.4, -0.2) is 22.1 Å². The zero-order valence-electron chi connectivity index (χ0n) is 13.5. The molecule has 0 unspecified atom stereocenters. The number of pyridine rings is 2. The maximum Gasteiger partial charge on any atom is 0.250 e. The number of anilines is 2. The highest BCUT2D eigenvalue weighted by atomic mass is 16.5. The van der Waals surface area contributed by atoms with Crippen LogP contribution in [0.25, 0.3) is 22.2 Å². The van der Waals surface area contributed by atoms with Gasteiger partial charge in [-0.2, -0.15) is 0 Å². The number of hydrogen-bond acceptors (Lipinski definition) is 4. The molecule has 0 aliphatic carbocycles. The van der Waals surface area contributed by atoms with Gasteiger partial charge in [0, 0.05) is 29.4 Å². The minimum absolute atomic E-state index is 0.187. The second-order valence-corrected chi connectivity index (χ2v) is 5.57. The molecular weight excluding hydrogens is 316 g/mol. The molecule has 25 heavy (non-hydrogen) atoms. The van der Waals surface area contributed by atoms with Crippen LogP contribution in [0.4, 0.5) is 11.5 Å². The first-order chi connectivity index (χ1) is 12.2. The van der Waals surface area contributed by atoms with Gasteiger partial charge < -0.3 is 20.0 Å². The maximum atomic E-state index is 12.1. The minimum Gasteiger partial charge on any atom is -0.495 e. The molecule has 0 spiro atoms. The number of nitrogens with one attached hydrogen (secondary N) is 3. The van der Waals surface area contributed by atoms with Crippen molar-refractivity contribution in [2.24, 2.45) is 0 Å². The van der Waals surface area contributed by atoms with Crippen LogP contribution in [0.2, 0.25) is 0 Å². The highest BCUT2D eigenvalue weighted by Gasteiger charge is 2.10. The molecule has 0 radical (unpaired) electrons. The summed E-state index contributed by atoms with van der Waals surface area (Å²) in [6.45, 7) is 0. The molecule has 4 aromatic rings. The molecule has 0 amide bonds. The number of nitrogens with zero attached hydrogens (tertiary/aromatic N) is 1. The molecule has 0 saturated heterocycles. The fourth-order valence-corrected chi connectivity index (χ4v) is 2.85. The van der Waals surface area contributed by atoms with Gasteiger partial charge in [-0.1, -0.05) is 12.1 Å². The molecular formula is C19H16N4O2. The van der Waals surface area contributed by atoms with Crippen molar-refractivity contribution in [1.82, 2.24) is 15.0 Å². The number of methoxy groups -OCH3 is 1. The van der Waals surface area contributed by atoms with Crippen LogP contribution in [0.15, 0.2) is 65.7 Å². The summed E-state index contributed by atoms with van der Waals surface area (Å²) in [6.07, 6.45) is 3.59. The molecule has 0 aliphatic rings. The molecule has 4 rings (SSSR count). The predicted octanol–water partition coefficient (Wildman–Crippen LogP) is 3.67. The topological polar surface area (TPSA) is 82.8 Å². The summed E-state index contributed by atoms with van der Waals surface area (Å²) in [7, 11) is 1.61. The van der Waals surface area contributed by atoms with Gasteiger partial charge in [0.15, 0.2) is 0 Å². The maximum absolute atomic E-state index is 12.1. The summed E-state index contributed by atoms with van der Waals surface area (Å²) in [5.41, 5.74) is 3.11. The molecule has 0 fully saturated rings. The van der Waals surface area contributed by atoms with Crippen molar-refractivity contribution >= 4 is 22.5 Å². The summed E-state index contributed by atoms with van der Waals surface area (Å²) in [5.74, 6) is 1.29. The third-order valence-electron chi connectivity index (χ3n) is 3.98. The Bertz CT molecular complexity index is 1100. The van der Waals surface area contributed by atoms with Crippen LogP contribution < -0.4 is 15.6 Å². The van der Waals surface area contributed by atoms with Gasteiger partial charge in [-0.3, -0.25) is 4.79 Å². The summed E-state index contributed by atoms with van der Waals surface area (Å²) < 4.78 is 5.34. The fourth-order valence-electron chi connectivity index (χ4n) is 2.85. The molecule has 3 heterocycles. The van der Waals surface area contributed by atoms with E-state index in [1.165, 1.54) is 0 Å². The van der Waals surface area contributed by atoms with E-state index in [1.807, 2.05) is 48.7 Å². The first-order valence-corrected chi connectivity index (χ1v) is 7.81. The summed E-state index contributed by atoms with van der Waals surface area (Å²) in [5, 5.41) is 4.18. The Morgan fingerprint density at radius 2 is 2.00 bits per heavy atom. The van der Waals surface area contributed by atoms with E-state index >= 15 is 0 Å². The van der Waals surface area contributed by atoms with E-state index in [4.69, 9.17) is 4.74 Å². The fraction of sp³-hybridized carbons (Fsp3) is 0.0526. The summed E-state index contributed by atoms with van der Waals surface area (Å²) >= 11 is 0. The van der Waals surface area contributed by atoms with Gasteiger partial charge in [-0.15, -0.1) is 0 Å². The molecule has 6 nitrogen and oxygen atoms in total. The number of H-pyrrole nitrogens is 2. The standard InChI is InChI=1S/C19H16N4O2/c1-25-16-7-3-2-6-15(16)22-17-9-12(10-18(24)23-17)14-11-21-19-13(14)5-4-8-20-19/h2-11H,1H3,(H,20,21)(H2,22,23,24). The Hall–Kier alpha value is -3.54. The first kappa shape index (κ1) is 15.0. The van der Waals surface area contributed by atoms with E-state index in [-0.39, 0.29) is 5.56 Å². The lowest BCUT2D eigenvalue weighted by molar-refractivity contribution is 0.417. The number of hydrogen-bond donors (Lipinski definition) is 3. The summed E-state index contributed by atoms with van der Waals surface area (Å²) in [4.78, 5) is 22.4. The smallest absolute Gasteiger partial charge is 0.250 e. The van der Waals surface area contributed by atoms with Crippen molar-refractivity contribution in [2.45, 2.75) is 0 Å². The normalized spacial score (nSPS) is 10.8. The Morgan fingerprint density at radius 3 is 2.88 bits per heavy atom. The Labute approximate surface area is 143 Å². The second-order valence-electron chi connectivity index (χ2n) is 5.57. The number of rotatable bonds is 4. The minimum atomic E-state index is -0.187. The Kier molecular flexibility index (Phi) is 3.70. The van der Waals surface area contributed by atoms with Crippen LogP contribution in [0.1, 0.15) is 0 Å². The van der Waals surface area contributed by atoms with E-state index < -0.39 is 0 Å². The van der Waals surface area contributed by atoms with Gasteiger partial charge in [0.1, 0.15) is 17.2 Å². The number of aromatic nitrogens is 3. The lowest BCUT2D eigenvalue weighted by Crippen LogP contribution is -2.08. The number of fused-ring (bicyclic) bond motifs is 1. The predicted molar refractivity (Wildman–Crippen MR) is 98.4 cm³/mol. The van der Waals surface area contributed by atoms with Crippen molar-refractivity contribution in [2.75, 3.05) is 12.4 Å². The molecule has 124 valence electrons. The van der Waals surface area contributed by atoms with Crippen molar-refractivity contribution in [3.63, 3.8) is 0 Å². The van der Waals surface area contributed by atoms with E-state index in [1.54, 1.807) is 19.4 Å². The van der Waals surface area contributed by atoms with Gasteiger partial charge in [-0.25, -0.2) is 4.98 Å². The molecule has 0 saturated carbocycles. The Morgan fingerprint density at radius 1 is 1.12 bits per heavy atom. The third-order valence-corrected chi connectivity index (χ3v) is 3.98. The number of benzene rings is 1. The van der Waals surface area contributed by atoms with Gasteiger partial charge >= 0.3 is 0 Å². The Balaban J connectivity index is 1.78. The SMILES string of the molecule is COc1ccccc1Nc1cc(-c2c[nH]c3ncccc23)cc(=O)[nH]1. The third kappa shape index (κ3) is 2.85. The van der Waals surface area contributed by atoms with Crippen LogP contribution in [-0.2, 0) is 0 Å². The van der Waals surface area contributed by atoms with Crippen LogP contribution in [0, 0.1) is 0 Å². The zero-order valence-corrected chi connectivity index (χ0v) is 13.5. The number of ether oxygens (including phenoxy) is 1. The number of aromatic amines is 2. The first-order valence-electron chi connectivity index (χ1n) is 7.81. The molecule has 0 atom stereocenters. The monoisotopic (exact) mass is 332 g/mol. The van der Waals surface area contributed by atoms with Crippen LogP contribution in [0.3, 0.4) is 0 Å². The lowest BCUT2D eigenvalue weighted by Gasteiger charge is -2.11. The van der Waals surface area contributed by atoms with Gasteiger partial charge in [0.25, 0.3) is 0 Å². The highest BCUT2D eigenvalue weighted by Crippen LogP contribution is 2.30. The summed E-state index contributed by atoms with van der Waals surface area (Å²) in [6, 6.07) is 14.9. The van der Waals surface area contributed by atoms with Crippen molar-refractivity contribution in [1.29, 1.82) is 0 Å². The molecule has 0 bridgehead atoms.